The molecular weight excluding hydrogens is 256 g/mol. The Morgan fingerprint density at radius 2 is 1.90 bits per heavy atom. The summed E-state index contributed by atoms with van der Waals surface area (Å²) in [6, 6.07) is 0.0529. The van der Waals surface area contributed by atoms with Crippen molar-refractivity contribution in [1.82, 2.24) is 10.2 Å². The second-order valence-corrected chi connectivity index (χ2v) is 6.26. The van der Waals surface area contributed by atoms with Gasteiger partial charge in [-0.25, -0.2) is 4.79 Å². The Balaban J connectivity index is 1.91. The van der Waals surface area contributed by atoms with Crippen molar-refractivity contribution in [3.8, 4) is 0 Å². The van der Waals surface area contributed by atoms with Crippen LogP contribution in [0.5, 0.6) is 0 Å². The van der Waals surface area contributed by atoms with Crippen LogP contribution in [0.1, 0.15) is 58.3 Å². The van der Waals surface area contributed by atoms with Crippen LogP contribution < -0.4 is 5.32 Å². The van der Waals surface area contributed by atoms with Crippen molar-refractivity contribution < 1.29 is 14.7 Å². The number of nitrogens with one attached hydrogen (secondary N) is 1. The molecule has 2 amide bonds. The van der Waals surface area contributed by atoms with Crippen LogP contribution in [-0.2, 0) is 4.79 Å². The van der Waals surface area contributed by atoms with Crippen molar-refractivity contribution in [2.24, 2.45) is 5.92 Å². The number of carboxylic acid groups (broad SMARTS) is 1. The molecule has 1 aliphatic heterocycles. The third-order valence-electron chi connectivity index (χ3n) is 4.72. The molecule has 114 valence electrons. The lowest BCUT2D eigenvalue weighted by Gasteiger charge is -2.29. The van der Waals surface area contributed by atoms with Gasteiger partial charge in [-0.1, -0.05) is 26.2 Å². The van der Waals surface area contributed by atoms with Crippen LogP contribution in [0.15, 0.2) is 0 Å². The molecule has 20 heavy (non-hydrogen) atoms. The SMILES string of the molecule is CC1CCCCCC1NC(=O)N1CCCC1CC(=O)O. The standard InChI is InChI=1S/C15H26N2O3/c1-11-6-3-2-4-8-13(11)16-15(20)17-9-5-7-12(17)10-14(18)19/h11-13H,2-10H2,1H3,(H,16,20)(H,18,19). The van der Waals surface area contributed by atoms with Gasteiger partial charge in [0.25, 0.3) is 0 Å². The van der Waals surface area contributed by atoms with E-state index >= 15 is 0 Å². The maximum Gasteiger partial charge on any atom is 0.317 e. The molecule has 2 rings (SSSR count). The molecule has 5 heteroatoms. The van der Waals surface area contributed by atoms with E-state index in [9.17, 15) is 9.59 Å². The molecule has 0 aromatic rings. The number of hydrogen-bond acceptors (Lipinski definition) is 2. The molecule has 1 saturated heterocycles. The first-order valence-corrected chi connectivity index (χ1v) is 7.87. The van der Waals surface area contributed by atoms with Crippen molar-refractivity contribution >= 4 is 12.0 Å². The zero-order chi connectivity index (χ0) is 14.5. The van der Waals surface area contributed by atoms with Crippen LogP contribution >= 0.6 is 0 Å². The summed E-state index contributed by atoms with van der Waals surface area (Å²) in [4.78, 5) is 25.0. The highest BCUT2D eigenvalue weighted by molar-refractivity contribution is 5.76. The molecule has 3 atom stereocenters. The first-order chi connectivity index (χ1) is 9.58. The fourth-order valence-corrected chi connectivity index (χ4v) is 3.47. The Labute approximate surface area is 120 Å². The van der Waals surface area contributed by atoms with Gasteiger partial charge in [0, 0.05) is 18.6 Å². The number of carbonyl (C=O) groups is 2. The van der Waals surface area contributed by atoms with Gasteiger partial charge in [0.15, 0.2) is 0 Å². The minimum Gasteiger partial charge on any atom is -0.481 e. The predicted octanol–water partition coefficient (Wildman–Crippen LogP) is 2.60. The summed E-state index contributed by atoms with van der Waals surface area (Å²) in [5.74, 6) is -0.306. The highest BCUT2D eigenvalue weighted by atomic mass is 16.4. The lowest BCUT2D eigenvalue weighted by Crippen LogP contribution is -2.48. The third-order valence-corrected chi connectivity index (χ3v) is 4.72. The third kappa shape index (κ3) is 3.87. The number of likely N-dealkylation sites (tertiary alicyclic amines) is 1. The smallest absolute Gasteiger partial charge is 0.317 e. The van der Waals surface area contributed by atoms with E-state index in [2.05, 4.69) is 12.2 Å². The van der Waals surface area contributed by atoms with Gasteiger partial charge in [0.1, 0.15) is 0 Å². The maximum absolute atomic E-state index is 12.4. The average Bonchev–Trinajstić information content (AvgIpc) is 2.74. The summed E-state index contributed by atoms with van der Waals surface area (Å²) in [5.41, 5.74) is 0. The van der Waals surface area contributed by atoms with Crippen LogP contribution in [0.4, 0.5) is 4.79 Å². The van der Waals surface area contributed by atoms with Gasteiger partial charge in [-0.2, -0.15) is 0 Å². The molecule has 1 heterocycles. The maximum atomic E-state index is 12.4. The Bertz CT molecular complexity index is 359. The molecular formula is C15H26N2O3. The lowest BCUT2D eigenvalue weighted by molar-refractivity contribution is -0.137. The molecule has 2 N–H and O–H groups in total. The zero-order valence-electron chi connectivity index (χ0n) is 12.3. The molecule has 0 radical (unpaired) electrons. The number of carbonyl (C=O) groups excluding carboxylic acids is 1. The Hall–Kier alpha value is -1.26. The summed E-state index contributed by atoms with van der Waals surface area (Å²) < 4.78 is 0. The summed E-state index contributed by atoms with van der Waals surface area (Å²) in [6.07, 6.45) is 7.67. The van der Waals surface area contributed by atoms with E-state index < -0.39 is 5.97 Å². The first kappa shape index (κ1) is 15.1. The number of carboxylic acids is 1. The van der Waals surface area contributed by atoms with E-state index in [0.29, 0.717) is 12.5 Å². The topological polar surface area (TPSA) is 69.6 Å². The van der Waals surface area contributed by atoms with Gasteiger partial charge in [-0.15, -0.1) is 0 Å². The van der Waals surface area contributed by atoms with Crippen LogP contribution in [0.2, 0.25) is 0 Å². The number of aliphatic carboxylic acids is 1. The molecule has 3 unspecified atom stereocenters. The summed E-state index contributed by atoms with van der Waals surface area (Å²) >= 11 is 0. The van der Waals surface area contributed by atoms with E-state index in [-0.39, 0.29) is 24.5 Å². The number of nitrogens with zero attached hydrogens (tertiary/aromatic N) is 1. The van der Waals surface area contributed by atoms with Gasteiger partial charge in [0.2, 0.25) is 0 Å². The van der Waals surface area contributed by atoms with E-state index in [1.165, 1.54) is 25.7 Å². The molecule has 0 spiro atoms. The van der Waals surface area contributed by atoms with Gasteiger partial charge < -0.3 is 15.3 Å². The fourth-order valence-electron chi connectivity index (χ4n) is 3.47. The van der Waals surface area contributed by atoms with Crippen LogP contribution in [0.3, 0.4) is 0 Å². The minimum absolute atomic E-state index is 0.0625. The monoisotopic (exact) mass is 282 g/mol. The quantitative estimate of drug-likeness (QED) is 0.782. The Morgan fingerprint density at radius 3 is 2.65 bits per heavy atom. The second-order valence-electron chi connectivity index (χ2n) is 6.26. The molecule has 0 aromatic carbocycles. The number of rotatable bonds is 3. The normalized spacial score (nSPS) is 30.9. The largest absolute Gasteiger partial charge is 0.481 e. The number of amides is 2. The lowest BCUT2D eigenvalue weighted by atomic mass is 9.97. The highest BCUT2D eigenvalue weighted by Crippen LogP contribution is 2.25. The summed E-state index contributed by atoms with van der Waals surface area (Å²) in [5, 5.41) is 12.1. The van der Waals surface area contributed by atoms with Gasteiger partial charge in [-0.3, -0.25) is 4.79 Å². The Kier molecular flexibility index (Phi) is 5.26. The van der Waals surface area contributed by atoms with Gasteiger partial charge >= 0.3 is 12.0 Å². The van der Waals surface area contributed by atoms with E-state index in [0.717, 1.165) is 19.3 Å². The van der Waals surface area contributed by atoms with Crippen molar-refractivity contribution in [2.75, 3.05) is 6.54 Å². The Morgan fingerprint density at radius 1 is 1.15 bits per heavy atom. The van der Waals surface area contributed by atoms with E-state index in [1.807, 2.05) is 0 Å². The molecule has 5 nitrogen and oxygen atoms in total. The summed E-state index contributed by atoms with van der Waals surface area (Å²) in [7, 11) is 0. The van der Waals surface area contributed by atoms with Crippen molar-refractivity contribution in [2.45, 2.75) is 70.4 Å². The van der Waals surface area contributed by atoms with Crippen LogP contribution in [-0.4, -0.2) is 40.6 Å². The summed E-state index contributed by atoms with van der Waals surface area (Å²) in [6.45, 7) is 2.89. The molecule has 0 bridgehead atoms. The zero-order valence-corrected chi connectivity index (χ0v) is 12.3. The molecule has 2 aliphatic rings. The first-order valence-electron chi connectivity index (χ1n) is 7.87. The van der Waals surface area contributed by atoms with Crippen molar-refractivity contribution in [3.63, 3.8) is 0 Å². The van der Waals surface area contributed by atoms with Crippen molar-refractivity contribution in [1.29, 1.82) is 0 Å². The number of urea groups is 1. The minimum atomic E-state index is -0.822. The average molecular weight is 282 g/mol. The molecule has 1 aliphatic carbocycles. The second kappa shape index (κ2) is 6.95. The molecule has 0 aromatic heterocycles. The van der Waals surface area contributed by atoms with Crippen LogP contribution in [0.25, 0.3) is 0 Å². The molecule has 1 saturated carbocycles. The van der Waals surface area contributed by atoms with Gasteiger partial charge in [-0.05, 0) is 31.6 Å². The van der Waals surface area contributed by atoms with Crippen LogP contribution in [0, 0.1) is 5.92 Å². The van der Waals surface area contributed by atoms with E-state index in [1.54, 1.807) is 4.90 Å². The number of hydrogen-bond donors (Lipinski definition) is 2. The van der Waals surface area contributed by atoms with Crippen molar-refractivity contribution in [3.05, 3.63) is 0 Å². The predicted molar refractivity (Wildman–Crippen MR) is 76.5 cm³/mol. The fraction of sp³-hybridized carbons (Fsp3) is 0.867. The van der Waals surface area contributed by atoms with Gasteiger partial charge in [0.05, 0.1) is 6.42 Å². The van der Waals surface area contributed by atoms with E-state index in [4.69, 9.17) is 5.11 Å². The molecule has 2 fully saturated rings. The highest BCUT2D eigenvalue weighted by Gasteiger charge is 2.32.